The van der Waals surface area contributed by atoms with Gasteiger partial charge in [-0.05, 0) is 54.8 Å². The van der Waals surface area contributed by atoms with E-state index < -0.39 is 5.91 Å². The number of pyridine rings is 1. The Morgan fingerprint density at radius 2 is 1.55 bits per heavy atom. The van der Waals surface area contributed by atoms with Crippen molar-refractivity contribution in [1.29, 1.82) is 5.26 Å². The molecule has 2 amide bonds. The van der Waals surface area contributed by atoms with Gasteiger partial charge in [0.15, 0.2) is 0 Å². The molecule has 0 unspecified atom stereocenters. The summed E-state index contributed by atoms with van der Waals surface area (Å²) < 4.78 is 0. The number of anilines is 1. The van der Waals surface area contributed by atoms with Gasteiger partial charge in [0.2, 0.25) is 0 Å². The summed E-state index contributed by atoms with van der Waals surface area (Å²) in [6.07, 6.45) is 1.69. The van der Waals surface area contributed by atoms with E-state index in [4.69, 9.17) is 5.26 Å². The molecule has 6 heteroatoms. The minimum absolute atomic E-state index is 0.145. The topological polar surface area (TPSA) is 94.9 Å². The lowest BCUT2D eigenvalue weighted by molar-refractivity contribution is 0.0948. The molecule has 144 valence electrons. The molecule has 6 nitrogen and oxygen atoms in total. The summed E-state index contributed by atoms with van der Waals surface area (Å²) in [5.74, 6) is -0.737. The Hall–Kier alpha value is -3.98. The molecular weight excluding hydrogens is 364 g/mol. The summed E-state index contributed by atoms with van der Waals surface area (Å²) in [4.78, 5) is 28.9. The number of nitrogens with zero attached hydrogens (tertiary/aromatic N) is 2. The lowest BCUT2D eigenvalue weighted by Crippen LogP contribution is -2.26. The van der Waals surface area contributed by atoms with Crippen molar-refractivity contribution in [2.75, 3.05) is 11.9 Å². The summed E-state index contributed by atoms with van der Waals surface area (Å²) in [5, 5.41) is 14.4. The third-order valence-electron chi connectivity index (χ3n) is 4.26. The molecule has 3 aromatic rings. The Morgan fingerprint density at radius 3 is 2.24 bits per heavy atom. The maximum Gasteiger partial charge on any atom is 0.274 e. The minimum atomic E-state index is -0.423. The number of carbonyl (C=O) groups excluding carboxylic acids is 2. The first-order valence-corrected chi connectivity index (χ1v) is 9.26. The van der Waals surface area contributed by atoms with Crippen LogP contribution in [0.5, 0.6) is 0 Å². The Morgan fingerprint density at radius 1 is 0.862 bits per heavy atom. The van der Waals surface area contributed by atoms with Gasteiger partial charge >= 0.3 is 0 Å². The molecule has 0 aliphatic heterocycles. The number of hydrogen-bond acceptors (Lipinski definition) is 4. The number of benzene rings is 2. The first-order valence-electron chi connectivity index (χ1n) is 9.26. The number of aromatic nitrogens is 1. The lowest BCUT2D eigenvalue weighted by atomic mass is 10.1. The second-order valence-electron chi connectivity index (χ2n) is 6.40. The van der Waals surface area contributed by atoms with Gasteiger partial charge in [-0.3, -0.25) is 9.59 Å². The van der Waals surface area contributed by atoms with Crippen LogP contribution in [0.15, 0.2) is 72.8 Å². The van der Waals surface area contributed by atoms with Crippen LogP contribution in [-0.2, 0) is 6.42 Å². The molecule has 0 saturated heterocycles. The second-order valence-corrected chi connectivity index (χ2v) is 6.40. The Bertz CT molecular complexity index is 1020. The van der Waals surface area contributed by atoms with E-state index in [9.17, 15) is 9.59 Å². The lowest BCUT2D eigenvalue weighted by Gasteiger charge is -2.07. The third kappa shape index (κ3) is 5.75. The first-order chi connectivity index (χ1) is 14.2. The normalized spacial score (nSPS) is 10.0. The molecule has 0 saturated carbocycles. The van der Waals surface area contributed by atoms with Crippen molar-refractivity contribution in [3.63, 3.8) is 0 Å². The fourth-order valence-electron chi connectivity index (χ4n) is 2.74. The van der Waals surface area contributed by atoms with E-state index in [2.05, 4.69) is 27.8 Å². The van der Waals surface area contributed by atoms with E-state index in [0.717, 1.165) is 12.8 Å². The van der Waals surface area contributed by atoms with Gasteiger partial charge in [-0.2, -0.15) is 5.26 Å². The van der Waals surface area contributed by atoms with Crippen LogP contribution in [0.4, 0.5) is 5.69 Å². The van der Waals surface area contributed by atoms with Gasteiger partial charge in [-0.25, -0.2) is 4.98 Å². The molecule has 0 fully saturated rings. The van der Waals surface area contributed by atoms with Crippen LogP contribution in [0.3, 0.4) is 0 Å². The van der Waals surface area contributed by atoms with E-state index >= 15 is 0 Å². The van der Waals surface area contributed by atoms with Crippen LogP contribution < -0.4 is 10.6 Å². The maximum atomic E-state index is 12.4. The fourth-order valence-corrected chi connectivity index (χ4v) is 2.74. The average molecular weight is 384 g/mol. The van der Waals surface area contributed by atoms with Gasteiger partial charge in [0.25, 0.3) is 11.8 Å². The summed E-state index contributed by atoms with van der Waals surface area (Å²) >= 11 is 0. The predicted molar refractivity (Wildman–Crippen MR) is 110 cm³/mol. The number of hydrogen-bond donors (Lipinski definition) is 2. The van der Waals surface area contributed by atoms with Crippen LogP contribution in [0.2, 0.25) is 0 Å². The Labute approximate surface area is 169 Å². The van der Waals surface area contributed by atoms with Gasteiger partial charge in [0.1, 0.15) is 11.4 Å². The first kappa shape index (κ1) is 19.8. The molecule has 0 bridgehead atoms. The van der Waals surface area contributed by atoms with Crippen molar-refractivity contribution >= 4 is 17.5 Å². The van der Waals surface area contributed by atoms with Crippen LogP contribution in [0, 0.1) is 11.3 Å². The second kappa shape index (κ2) is 9.81. The van der Waals surface area contributed by atoms with E-state index in [0.29, 0.717) is 17.8 Å². The highest BCUT2D eigenvalue weighted by atomic mass is 16.2. The number of amides is 2. The maximum absolute atomic E-state index is 12.4. The zero-order chi connectivity index (χ0) is 20.5. The molecule has 0 spiro atoms. The molecular formula is C23H20N4O2. The molecule has 2 N–H and O–H groups in total. The van der Waals surface area contributed by atoms with Crippen LogP contribution in [0.25, 0.3) is 0 Å². The summed E-state index contributed by atoms with van der Waals surface area (Å²) in [6.45, 7) is 0.525. The molecule has 0 radical (unpaired) electrons. The Balaban J connectivity index is 1.54. The summed E-state index contributed by atoms with van der Waals surface area (Å²) in [7, 11) is 0. The molecule has 0 atom stereocenters. The van der Waals surface area contributed by atoms with Gasteiger partial charge in [0.05, 0.1) is 11.6 Å². The smallest absolute Gasteiger partial charge is 0.274 e. The minimum Gasteiger partial charge on any atom is -0.351 e. The molecule has 0 aliphatic carbocycles. The average Bonchev–Trinajstić information content (AvgIpc) is 2.78. The molecule has 1 heterocycles. The van der Waals surface area contributed by atoms with Gasteiger partial charge in [-0.1, -0.05) is 36.4 Å². The monoisotopic (exact) mass is 384 g/mol. The fraction of sp³-hybridized carbons (Fsp3) is 0.130. The van der Waals surface area contributed by atoms with Crippen molar-refractivity contribution in [3.05, 3.63) is 95.3 Å². The summed E-state index contributed by atoms with van der Waals surface area (Å²) in [5.41, 5.74) is 2.61. The molecule has 3 rings (SSSR count). The highest BCUT2D eigenvalue weighted by Crippen LogP contribution is 2.11. The Kier molecular flexibility index (Phi) is 6.69. The van der Waals surface area contributed by atoms with Crippen molar-refractivity contribution in [1.82, 2.24) is 10.3 Å². The predicted octanol–water partition coefficient (Wildman–Crippen LogP) is 3.57. The molecule has 0 aliphatic rings. The van der Waals surface area contributed by atoms with Gasteiger partial charge < -0.3 is 10.6 Å². The van der Waals surface area contributed by atoms with Crippen molar-refractivity contribution in [2.24, 2.45) is 0 Å². The van der Waals surface area contributed by atoms with Crippen molar-refractivity contribution in [2.45, 2.75) is 12.8 Å². The van der Waals surface area contributed by atoms with Crippen molar-refractivity contribution in [3.8, 4) is 6.07 Å². The van der Waals surface area contributed by atoms with E-state index in [1.54, 1.807) is 42.5 Å². The summed E-state index contributed by atoms with van der Waals surface area (Å²) in [6, 6.07) is 23.3. The number of nitrogens with one attached hydrogen (secondary N) is 2. The van der Waals surface area contributed by atoms with E-state index in [-0.39, 0.29) is 17.3 Å². The SMILES string of the molecule is N#Cc1ccc(NC(=O)c2cccc(C(=O)NCCCc3ccccc3)n2)cc1. The van der Waals surface area contributed by atoms with Crippen LogP contribution in [-0.4, -0.2) is 23.3 Å². The number of carbonyl (C=O) groups is 2. The van der Waals surface area contributed by atoms with Gasteiger partial charge in [0, 0.05) is 12.2 Å². The number of rotatable bonds is 7. The standard InChI is InChI=1S/C23H20N4O2/c24-16-18-11-13-19(14-12-18)26-23(29)21-10-4-9-20(27-21)22(28)25-15-5-8-17-6-2-1-3-7-17/h1-4,6-7,9-14H,5,8,15H2,(H,25,28)(H,26,29). The highest BCUT2D eigenvalue weighted by molar-refractivity contribution is 6.03. The number of aryl methyl sites for hydroxylation is 1. The van der Waals surface area contributed by atoms with Gasteiger partial charge in [-0.15, -0.1) is 0 Å². The highest BCUT2D eigenvalue weighted by Gasteiger charge is 2.12. The zero-order valence-corrected chi connectivity index (χ0v) is 15.8. The third-order valence-corrected chi connectivity index (χ3v) is 4.26. The van der Waals surface area contributed by atoms with E-state index in [1.807, 2.05) is 24.3 Å². The van der Waals surface area contributed by atoms with Crippen LogP contribution in [0.1, 0.15) is 38.5 Å². The van der Waals surface area contributed by atoms with E-state index in [1.165, 1.54) is 5.56 Å². The zero-order valence-electron chi connectivity index (χ0n) is 15.8. The molecule has 29 heavy (non-hydrogen) atoms. The molecule has 2 aromatic carbocycles. The molecule has 1 aromatic heterocycles. The quantitative estimate of drug-likeness (QED) is 0.609. The number of nitriles is 1. The van der Waals surface area contributed by atoms with Crippen LogP contribution >= 0.6 is 0 Å². The van der Waals surface area contributed by atoms with Crippen molar-refractivity contribution < 1.29 is 9.59 Å². The largest absolute Gasteiger partial charge is 0.351 e.